The quantitative estimate of drug-likeness (QED) is 0.835. The van der Waals surface area contributed by atoms with Gasteiger partial charge in [-0.2, -0.15) is 0 Å². The minimum atomic E-state index is -0.197. The Labute approximate surface area is 144 Å². The number of amides is 2. The fourth-order valence-electron chi connectivity index (χ4n) is 2.68. The second-order valence-electron chi connectivity index (χ2n) is 5.67. The summed E-state index contributed by atoms with van der Waals surface area (Å²) in [5.74, 6) is -0.0386. The zero-order valence-electron chi connectivity index (χ0n) is 13.3. The summed E-state index contributed by atoms with van der Waals surface area (Å²) < 4.78 is 0. The Hall–Kier alpha value is -2.25. The van der Waals surface area contributed by atoms with Gasteiger partial charge in [-0.1, -0.05) is 12.1 Å². The molecule has 0 atom stereocenters. The number of aromatic nitrogens is 1. The molecule has 6 nitrogen and oxygen atoms in total. The van der Waals surface area contributed by atoms with Crippen molar-refractivity contribution >= 4 is 28.8 Å². The molecule has 126 valence electrons. The Morgan fingerprint density at radius 3 is 3.04 bits per heavy atom. The van der Waals surface area contributed by atoms with E-state index in [1.54, 1.807) is 10.3 Å². The fraction of sp³-hybridized carbons (Fsp3) is 0.353. The van der Waals surface area contributed by atoms with Crippen molar-refractivity contribution < 1.29 is 9.59 Å². The predicted molar refractivity (Wildman–Crippen MR) is 94.1 cm³/mol. The highest BCUT2D eigenvalue weighted by molar-refractivity contribution is 7.09. The third-order valence-corrected chi connectivity index (χ3v) is 4.80. The third-order valence-electron chi connectivity index (χ3n) is 3.89. The lowest BCUT2D eigenvalue weighted by atomic mass is 10.2. The number of thiazole rings is 1. The number of nitrogens with one attached hydrogen (secondary N) is 1. The molecule has 1 aliphatic heterocycles. The SMILES string of the molecule is NCCc1nc(C(=O)NCc2cccc(N3CCCC3=O)c2)cs1. The van der Waals surface area contributed by atoms with E-state index in [1.807, 2.05) is 24.3 Å². The van der Waals surface area contributed by atoms with Gasteiger partial charge in [0.05, 0.1) is 5.01 Å². The van der Waals surface area contributed by atoms with E-state index in [0.717, 1.165) is 29.2 Å². The van der Waals surface area contributed by atoms with Crippen LogP contribution in [0.1, 0.15) is 33.9 Å². The molecular formula is C17H20N4O2S. The molecule has 24 heavy (non-hydrogen) atoms. The molecule has 0 bridgehead atoms. The second kappa shape index (κ2) is 7.55. The van der Waals surface area contributed by atoms with Crippen LogP contribution in [0.15, 0.2) is 29.6 Å². The van der Waals surface area contributed by atoms with Gasteiger partial charge in [0.2, 0.25) is 5.91 Å². The normalized spacial score (nSPS) is 14.2. The molecule has 1 fully saturated rings. The summed E-state index contributed by atoms with van der Waals surface area (Å²) in [6.07, 6.45) is 2.19. The van der Waals surface area contributed by atoms with E-state index in [9.17, 15) is 9.59 Å². The zero-order valence-corrected chi connectivity index (χ0v) is 14.1. The number of nitrogens with zero attached hydrogens (tertiary/aromatic N) is 2. The molecule has 0 saturated carbocycles. The molecule has 3 N–H and O–H groups in total. The maximum absolute atomic E-state index is 12.2. The predicted octanol–water partition coefficient (Wildman–Crippen LogP) is 1.70. The van der Waals surface area contributed by atoms with Crippen LogP contribution in [0.25, 0.3) is 0 Å². The Morgan fingerprint density at radius 2 is 2.29 bits per heavy atom. The highest BCUT2D eigenvalue weighted by atomic mass is 32.1. The molecule has 7 heteroatoms. The Bertz CT molecular complexity index is 744. The molecule has 2 amide bonds. The van der Waals surface area contributed by atoms with E-state index in [0.29, 0.717) is 31.6 Å². The molecule has 1 aromatic carbocycles. The largest absolute Gasteiger partial charge is 0.347 e. The first-order valence-corrected chi connectivity index (χ1v) is 8.87. The van der Waals surface area contributed by atoms with Gasteiger partial charge in [0, 0.05) is 37.0 Å². The first-order chi connectivity index (χ1) is 11.7. The van der Waals surface area contributed by atoms with Gasteiger partial charge < -0.3 is 16.0 Å². The molecule has 1 aliphatic rings. The molecule has 2 aromatic rings. The summed E-state index contributed by atoms with van der Waals surface area (Å²) in [4.78, 5) is 30.1. The maximum atomic E-state index is 12.2. The number of hydrogen-bond donors (Lipinski definition) is 2. The Balaban J connectivity index is 1.61. The van der Waals surface area contributed by atoms with Gasteiger partial charge in [0.15, 0.2) is 0 Å². The summed E-state index contributed by atoms with van der Waals surface area (Å²) >= 11 is 1.45. The highest BCUT2D eigenvalue weighted by Crippen LogP contribution is 2.22. The van der Waals surface area contributed by atoms with E-state index < -0.39 is 0 Å². The van der Waals surface area contributed by atoms with Crippen molar-refractivity contribution in [1.29, 1.82) is 0 Å². The van der Waals surface area contributed by atoms with Crippen LogP contribution in [0.3, 0.4) is 0 Å². The van der Waals surface area contributed by atoms with E-state index in [4.69, 9.17) is 5.73 Å². The third kappa shape index (κ3) is 3.80. The molecule has 0 radical (unpaired) electrons. The minimum Gasteiger partial charge on any atom is -0.347 e. The summed E-state index contributed by atoms with van der Waals surface area (Å²) in [6, 6.07) is 7.72. The number of carbonyl (C=O) groups is 2. The number of rotatable bonds is 6. The number of hydrogen-bond acceptors (Lipinski definition) is 5. The van der Waals surface area contributed by atoms with E-state index in [2.05, 4.69) is 10.3 Å². The lowest BCUT2D eigenvalue weighted by Crippen LogP contribution is -2.25. The van der Waals surface area contributed by atoms with Crippen molar-refractivity contribution in [2.75, 3.05) is 18.0 Å². The summed E-state index contributed by atoms with van der Waals surface area (Å²) in [5, 5.41) is 5.49. The Kier molecular flexibility index (Phi) is 5.22. The minimum absolute atomic E-state index is 0.158. The van der Waals surface area contributed by atoms with Gasteiger partial charge in [-0.05, 0) is 30.7 Å². The van der Waals surface area contributed by atoms with Crippen LogP contribution in [0.5, 0.6) is 0 Å². The summed E-state index contributed by atoms with van der Waals surface area (Å²) in [5.41, 5.74) is 7.77. The van der Waals surface area contributed by atoms with Crippen LogP contribution >= 0.6 is 11.3 Å². The maximum Gasteiger partial charge on any atom is 0.271 e. The Morgan fingerprint density at radius 1 is 1.42 bits per heavy atom. The molecule has 3 rings (SSSR count). The second-order valence-corrected chi connectivity index (χ2v) is 6.61. The summed E-state index contributed by atoms with van der Waals surface area (Å²) in [7, 11) is 0. The van der Waals surface area contributed by atoms with Gasteiger partial charge in [0.1, 0.15) is 5.69 Å². The smallest absolute Gasteiger partial charge is 0.271 e. The van der Waals surface area contributed by atoms with Crippen molar-refractivity contribution in [3.63, 3.8) is 0 Å². The van der Waals surface area contributed by atoms with E-state index in [1.165, 1.54) is 11.3 Å². The first kappa shape index (κ1) is 16.6. The first-order valence-electron chi connectivity index (χ1n) is 7.99. The van der Waals surface area contributed by atoms with Crippen molar-refractivity contribution in [1.82, 2.24) is 10.3 Å². The number of benzene rings is 1. The molecule has 0 unspecified atom stereocenters. The number of carbonyl (C=O) groups excluding carboxylic acids is 2. The highest BCUT2D eigenvalue weighted by Gasteiger charge is 2.21. The molecule has 1 aromatic heterocycles. The molecule has 0 spiro atoms. The van der Waals surface area contributed by atoms with Crippen molar-refractivity contribution in [3.8, 4) is 0 Å². The topological polar surface area (TPSA) is 88.3 Å². The van der Waals surface area contributed by atoms with Crippen molar-refractivity contribution in [2.24, 2.45) is 5.73 Å². The van der Waals surface area contributed by atoms with Crippen LogP contribution in [0, 0.1) is 0 Å². The average Bonchev–Trinajstić information content (AvgIpc) is 3.22. The molecule has 2 heterocycles. The number of anilines is 1. The van der Waals surface area contributed by atoms with Crippen LogP contribution in [0.2, 0.25) is 0 Å². The van der Waals surface area contributed by atoms with Gasteiger partial charge in [-0.3, -0.25) is 9.59 Å². The summed E-state index contributed by atoms with van der Waals surface area (Å²) in [6.45, 7) is 1.69. The fourth-order valence-corrected chi connectivity index (χ4v) is 3.48. The van der Waals surface area contributed by atoms with Crippen molar-refractivity contribution in [2.45, 2.75) is 25.8 Å². The molecule has 0 aliphatic carbocycles. The monoisotopic (exact) mass is 344 g/mol. The number of nitrogens with two attached hydrogens (primary N) is 1. The van der Waals surface area contributed by atoms with E-state index >= 15 is 0 Å². The lowest BCUT2D eigenvalue weighted by Gasteiger charge is -2.16. The van der Waals surface area contributed by atoms with Crippen LogP contribution in [-0.2, 0) is 17.8 Å². The van der Waals surface area contributed by atoms with Gasteiger partial charge in [-0.15, -0.1) is 11.3 Å². The van der Waals surface area contributed by atoms with Gasteiger partial charge in [-0.25, -0.2) is 4.98 Å². The molecule has 1 saturated heterocycles. The standard InChI is InChI=1S/C17H20N4O2S/c18-7-6-15-20-14(11-24-15)17(23)19-10-12-3-1-4-13(9-12)21-8-2-5-16(21)22/h1,3-4,9,11H,2,5-8,10,18H2,(H,19,23). The zero-order chi connectivity index (χ0) is 16.9. The molecular weight excluding hydrogens is 324 g/mol. The van der Waals surface area contributed by atoms with Crippen LogP contribution in [-0.4, -0.2) is 29.9 Å². The van der Waals surface area contributed by atoms with E-state index in [-0.39, 0.29) is 11.8 Å². The van der Waals surface area contributed by atoms with Crippen LogP contribution in [0.4, 0.5) is 5.69 Å². The van der Waals surface area contributed by atoms with Crippen molar-refractivity contribution in [3.05, 3.63) is 45.9 Å². The lowest BCUT2D eigenvalue weighted by molar-refractivity contribution is -0.117. The van der Waals surface area contributed by atoms with Gasteiger partial charge in [0.25, 0.3) is 5.91 Å². The van der Waals surface area contributed by atoms with Crippen LogP contribution < -0.4 is 16.0 Å². The van der Waals surface area contributed by atoms with Gasteiger partial charge >= 0.3 is 0 Å². The average molecular weight is 344 g/mol.